The Morgan fingerprint density at radius 2 is 2.45 bits per heavy atom. The molecule has 0 unspecified atom stereocenters. The second-order valence-electron chi connectivity index (χ2n) is 3.20. The maximum absolute atomic E-state index is 5.28. The van der Waals surface area contributed by atoms with Crippen LogP contribution in [0.5, 0.6) is 0 Å². The van der Waals surface area contributed by atoms with E-state index >= 15 is 0 Å². The summed E-state index contributed by atoms with van der Waals surface area (Å²) in [7, 11) is 0. The number of hydrogen-bond acceptors (Lipinski definition) is 2. The van der Waals surface area contributed by atoms with Crippen molar-refractivity contribution < 1.29 is 4.84 Å². The van der Waals surface area contributed by atoms with Crippen molar-refractivity contribution in [1.82, 2.24) is 0 Å². The fourth-order valence-electron chi connectivity index (χ4n) is 1.91. The van der Waals surface area contributed by atoms with Crippen LogP contribution in [0.4, 0.5) is 0 Å². The maximum Gasteiger partial charge on any atom is 0.136 e. The SMILES string of the molecule is C/C=C/C1=NO[C@H]2CCC[C@@H]12. The molecule has 1 aliphatic heterocycles. The van der Waals surface area contributed by atoms with Crippen LogP contribution in [0.25, 0.3) is 0 Å². The van der Waals surface area contributed by atoms with Gasteiger partial charge in [-0.2, -0.15) is 0 Å². The lowest BCUT2D eigenvalue weighted by molar-refractivity contribution is 0.0746. The van der Waals surface area contributed by atoms with Gasteiger partial charge in [0.2, 0.25) is 0 Å². The summed E-state index contributed by atoms with van der Waals surface area (Å²) in [4.78, 5) is 5.28. The zero-order chi connectivity index (χ0) is 7.68. The lowest BCUT2D eigenvalue weighted by Gasteiger charge is -2.04. The third-order valence-corrected chi connectivity index (χ3v) is 2.46. The summed E-state index contributed by atoms with van der Waals surface area (Å²) in [5, 5.41) is 4.04. The lowest BCUT2D eigenvalue weighted by Crippen LogP contribution is -2.14. The average Bonchev–Trinajstić information content (AvgIpc) is 2.53. The summed E-state index contributed by atoms with van der Waals surface area (Å²) >= 11 is 0. The smallest absolute Gasteiger partial charge is 0.136 e. The van der Waals surface area contributed by atoms with Gasteiger partial charge < -0.3 is 4.84 Å². The second-order valence-corrected chi connectivity index (χ2v) is 3.20. The molecular weight excluding hydrogens is 138 g/mol. The van der Waals surface area contributed by atoms with E-state index in [-0.39, 0.29) is 0 Å². The van der Waals surface area contributed by atoms with Crippen molar-refractivity contribution in [3.8, 4) is 0 Å². The van der Waals surface area contributed by atoms with Gasteiger partial charge in [0.15, 0.2) is 0 Å². The van der Waals surface area contributed by atoms with Crippen molar-refractivity contribution in [2.24, 2.45) is 11.1 Å². The van der Waals surface area contributed by atoms with Crippen LogP contribution in [0.15, 0.2) is 17.3 Å². The summed E-state index contributed by atoms with van der Waals surface area (Å²) in [5.74, 6) is 0.603. The van der Waals surface area contributed by atoms with Crippen LogP contribution < -0.4 is 0 Å². The predicted octanol–water partition coefficient (Wildman–Crippen LogP) is 2.12. The summed E-state index contributed by atoms with van der Waals surface area (Å²) in [6.45, 7) is 2.02. The van der Waals surface area contributed by atoms with Crippen LogP contribution in [-0.2, 0) is 4.84 Å². The van der Waals surface area contributed by atoms with Crippen LogP contribution in [0.2, 0.25) is 0 Å². The molecule has 0 spiro atoms. The Bertz CT molecular complexity index is 208. The molecule has 0 aromatic carbocycles. The minimum absolute atomic E-state index is 0.404. The molecule has 1 fully saturated rings. The topological polar surface area (TPSA) is 21.6 Å². The molecule has 60 valence electrons. The molecule has 2 nitrogen and oxygen atoms in total. The van der Waals surface area contributed by atoms with Crippen LogP contribution >= 0.6 is 0 Å². The number of rotatable bonds is 1. The lowest BCUT2D eigenvalue weighted by atomic mass is 10.0. The second kappa shape index (κ2) is 2.68. The van der Waals surface area contributed by atoms with E-state index in [0.29, 0.717) is 12.0 Å². The largest absolute Gasteiger partial charge is 0.392 e. The summed E-state index contributed by atoms with van der Waals surface area (Å²) in [6, 6.07) is 0. The predicted molar refractivity (Wildman–Crippen MR) is 44.5 cm³/mol. The number of nitrogens with zero attached hydrogens (tertiary/aromatic N) is 1. The molecule has 1 saturated carbocycles. The van der Waals surface area contributed by atoms with E-state index in [2.05, 4.69) is 11.2 Å². The molecule has 1 aliphatic carbocycles. The first-order valence-corrected chi connectivity index (χ1v) is 4.28. The highest BCUT2D eigenvalue weighted by atomic mass is 16.6. The normalized spacial score (nSPS) is 35.5. The average molecular weight is 151 g/mol. The Labute approximate surface area is 66.9 Å². The first-order chi connectivity index (χ1) is 5.42. The van der Waals surface area contributed by atoms with Gasteiger partial charge in [-0.1, -0.05) is 11.2 Å². The van der Waals surface area contributed by atoms with E-state index in [9.17, 15) is 0 Å². The number of allylic oxidation sites excluding steroid dienone is 2. The number of oxime groups is 1. The molecule has 0 saturated heterocycles. The fraction of sp³-hybridized carbons (Fsp3) is 0.667. The Morgan fingerprint density at radius 1 is 1.55 bits per heavy atom. The molecule has 2 heteroatoms. The Balaban J connectivity index is 2.11. The van der Waals surface area contributed by atoms with Crippen LogP contribution in [0, 0.1) is 5.92 Å². The molecule has 0 aromatic heterocycles. The number of fused-ring (bicyclic) bond motifs is 1. The first kappa shape index (κ1) is 6.89. The third kappa shape index (κ3) is 1.06. The van der Waals surface area contributed by atoms with Gasteiger partial charge in [-0.05, 0) is 32.3 Å². The van der Waals surface area contributed by atoms with Crippen LogP contribution in [-0.4, -0.2) is 11.8 Å². The van der Waals surface area contributed by atoms with Crippen molar-refractivity contribution in [3.63, 3.8) is 0 Å². The minimum Gasteiger partial charge on any atom is -0.392 e. The van der Waals surface area contributed by atoms with Crippen molar-refractivity contribution in [2.75, 3.05) is 0 Å². The molecule has 0 amide bonds. The maximum atomic E-state index is 5.28. The molecule has 0 aromatic rings. The van der Waals surface area contributed by atoms with Gasteiger partial charge >= 0.3 is 0 Å². The van der Waals surface area contributed by atoms with Gasteiger partial charge in [-0.25, -0.2) is 0 Å². The monoisotopic (exact) mass is 151 g/mol. The van der Waals surface area contributed by atoms with Crippen LogP contribution in [0.3, 0.4) is 0 Å². The first-order valence-electron chi connectivity index (χ1n) is 4.28. The highest BCUT2D eigenvalue weighted by Crippen LogP contribution is 2.34. The Hall–Kier alpha value is -0.790. The standard InChI is InChI=1S/C9H13NO/c1-2-4-8-7-5-3-6-9(7)11-10-8/h2,4,7,9H,3,5-6H2,1H3/b4-2+/t7-,9-/m0/s1. The molecule has 11 heavy (non-hydrogen) atoms. The van der Waals surface area contributed by atoms with Gasteiger partial charge in [-0.3, -0.25) is 0 Å². The summed E-state index contributed by atoms with van der Waals surface area (Å²) in [5.41, 5.74) is 1.15. The van der Waals surface area contributed by atoms with Gasteiger partial charge in [0.05, 0.1) is 5.71 Å². The van der Waals surface area contributed by atoms with Crippen molar-refractivity contribution in [2.45, 2.75) is 32.3 Å². The molecule has 0 N–H and O–H groups in total. The van der Waals surface area contributed by atoms with E-state index < -0.39 is 0 Å². The third-order valence-electron chi connectivity index (χ3n) is 2.46. The zero-order valence-electron chi connectivity index (χ0n) is 6.79. The molecule has 2 aliphatic rings. The highest BCUT2D eigenvalue weighted by Gasteiger charge is 2.36. The Kier molecular flexibility index (Phi) is 1.68. The molecule has 1 heterocycles. The number of hydrogen-bond donors (Lipinski definition) is 0. The fourth-order valence-corrected chi connectivity index (χ4v) is 1.91. The van der Waals surface area contributed by atoms with Crippen molar-refractivity contribution in [1.29, 1.82) is 0 Å². The molecule has 0 bridgehead atoms. The highest BCUT2D eigenvalue weighted by molar-refractivity contribution is 5.97. The summed E-state index contributed by atoms with van der Waals surface area (Å²) in [6.07, 6.45) is 8.25. The molecule has 2 atom stereocenters. The van der Waals surface area contributed by atoms with E-state index in [1.807, 2.05) is 13.0 Å². The van der Waals surface area contributed by atoms with Crippen LogP contribution in [0.1, 0.15) is 26.2 Å². The van der Waals surface area contributed by atoms with Gasteiger partial charge in [0, 0.05) is 5.92 Å². The van der Waals surface area contributed by atoms with Gasteiger partial charge in [0.25, 0.3) is 0 Å². The minimum atomic E-state index is 0.404. The zero-order valence-corrected chi connectivity index (χ0v) is 6.79. The van der Waals surface area contributed by atoms with Crippen molar-refractivity contribution in [3.05, 3.63) is 12.2 Å². The quantitative estimate of drug-likeness (QED) is 0.562. The molecule has 2 rings (SSSR count). The van der Waals surface area contributed by atoms with Crippen molar-refractivity contribution >= 4 is 5.71 Å². The Morgan fingerprint density at radius 3 is 3.27 bits per heavy atom. The van der Waals surface area contributed by atoms with E-state index in [1.165, 1.54) is 19.3 Å². The van der Waals surface area contributed by atoms with E-state index in [1.54, 1.807) is 0 Å². The van der Waals surface area contributed by atoms with Gasteiger partial charge in [-0.15, -0.1) is 0 Å². The van der Waals surface area contributed by atoms with E-state index in [0.717, 1.165) is 5.71 Å². The summed E-state index contributed by atoms with van der Waals surface area (Å²) < 4.78 is 0. The van der Waals surface area contributed by atoms with Gasteiger partial charge in [0.1, 0.15) is 6.10 Å². The van der Waals surface area contributed by atoms with E-state index in [4.69, 9.17) is 4.84 Å². The molecule has 0 radical (unpaired) electrons. The molecular formula is C9H13NO.